The minimum Gasteiger partial charge on any atom is -0.322 e. The highest BCUT2D eigenvalue weighted by molar-refractivity contribution is 8.00. The highest BCUT2D eigenvalue weighted by Gasteiger charge is 2.11. The van der Waals surface area contributed by atoms with E-state index >= 15 is 0 Å². The van der Waals surface area contributed by atoms with Gasteiger partial charge in [-0.2, -0.15) is 0 Å². The van der Waals surface area contributed by atoms with E-state index in [0.29, 0.717) is 15.8 Å². The lowest BCUT2D eigenvalue weighted by atomic mass is 10.2. The van der Waals surface area contributed by atoms with Crippen LogP contribution in [0.1, 0.15) is 5.56 Å². The molecule has 2 amide bonds. The van der Waals surface area contributed by atoms with Gasteiger partial charge in [0.25, 0.3) is 0 Å². The van der Waals surface area contributed by atoms with Gasteiger partial charge in [0, 0.05) is 32.6 Å². The Balaban J connectivity index is 1.29. The van der Waals surface area contributed by atoms with Crippen LogP contribution in [0.5, 0.6) is 0 Å². The van der Waals surface area contributed by atoms with Crippen molar-refractivity contribution in [1.29, 1.82) is 0 Å². The van der Waals surface area contributed by atoms with E-state index in [-0.39, 0.29) is 17.6 Å². The standard InChI is InChI=1S/C26H20ClN3O2S2/c27-22-12-5-4-11-21(22)23-16-34-26(29-23)30-25(32)17-33-20-10-6-9-19(15-20)28-24(31)14-13-18-7-2-1-3-8-18/h1-16H,17H2,(H,28,31)(H,29,30,32)/b14-13+. The van der Waals surface area contributed by atoms with Crippen LogP contribution in [0, 0.1) is 0 Å². The van der Waals surface area contributed by atoms with Gasteiger partial charge in [0.05, 0.1) is 11.4 Å². The summed E-state index contributed by atoms with van der Waals surface area (Å²) >= 11 is 8.95. The molecule has 170 valence electrons. The molecule has 0 aliphatic carbocycles. The highest BCUT2D eigenvalue weighted by atomic mass is 35.5. The molecule has 0 aliphatic heterocycles. The van der Waals surface area contributed by atoms with Crippen molar-refractivity contribution in [1.82, 2.24) is 4.98 Å². The number of halogens is 1. The quantitative estimate of drug-likeness (QED) is 0.203. The molecule has 0 saturated carbocycles. The number of hydrogen-bond donors (Lipinski definition) is 2. The van der Waals surface area contributed by atoms with E-state index in [1.54, 1.807) is 12.1 Å². The number of carbonyl (C=O) groups excluding carboxylic acids is 2. The number of carbonyl (C=O) groups is 2. The summed E-state index contributed by atoms with van der Waals surface area (Å²) in [5.41, 5.74) is 3.17. The van der Waals surface area contributed by atoms with Crippen LogP contribution in [0.25, 0.3) is 17.3 Å². The van der Waals surface area contributed by atoms with Crippen molar-refractivity contribution >= 4 is 63.4 Å². The fraction of sp³-hybridized carbons (Fsp3) is 0.0385. The third-order valence-electron chi connectivity index (χ3n) is 4.60. The normalized spacial score (nSPS) is 10.9. The molecule has 0 spiro atoms. The number of nitrogens with zero attached hydrogens (tertiary/aromatic N) is 1. The fourth-order valence-corrected chi connectivity index (χ4v) is 4.73. The Labute approximate surface area is 210 Å². The third-order valence-corrected chi connectivity index (χ3v) is 6.68. The molecular weight excluding hydrogens is 486 g/mol. The van der Waals surface area contributed by atoms with E-state index in [0.717, 1.165) is 21.7 Å². The van der Waals surface area contributed by atoms with Crippen molar-refractivity contribution in [3.63, 3.8) is 0 Å². The number of aromatic nitrogens is 1. The number of hydrogen-bond acceptors (Lipinski definition) is 5. The molecule has 5 nitrogen and oxygen atoms in total. The van der Waals surface area contributed by atoms with Gasteiger partial charge in [-0.25, -0.2) is 4.98 Å². The van der Waals surface area contributed by atoms with Crippen molar-refractivity contribution in [2.75, 3.05) is 16.4 Å². The van der Waals surface area contributed by atoms with Crippen LogP contribution in [-0.2, 0) is 9.59 Å². The minimum atomic E-state index is -0.221. The number of anilines is 2. The molecule has 4 aromatic rings. The lowest BCUT2D eigenvalue weighted by molar-refractivity contribution is -0.114. The minimum absolute atomic E-state index is 0.162. The average Bonchev–Trinajstić information content (AvgIpc) is 3.31. The van der Waals surface area contributed by atoms with E-state index < -0.39 is 0 Å². The average molecular weight is 506 g/mol. The zero-order valence-corrected chi connectivity index (χ0v) is 20.3. The molecule has 4 rings (SSSR count). The van der Waals surface area contributed by atoms with Gasteiger partial charge in [-0.05, 0) is 35.9 Å². The summed E-state index contributed by atoms with van der Waals surface area (Å²) in [5, 5.41) is 8.67. The van der Waals surface area contributed by atoms with Gasteiger partial charge in [0.1, 0.15) is 0 Å². The summed E-state index contributed by atoms with van der Waals surface area (Å²) in [6.45, 7) is 0. The third kappa shape index (κ3) is 6.81. The highest BCUT2D eigenvalue weighted by Crippen LogP contribution is 2.30. The molecular formula is C26H20ClN3O2S2. The van der Waals surface area contributed by atoms with Gasteiger partial charge in [-0.1, -0.05) is 66.2 Å². The van der Waals surface area contributed by atoms with Crippen LogP contribution in [0.15, 0.2) is 95.2 Å². The molecule has 8 heteroatoms. The van der Waals surface area contributed by atoms with Gasteiger partial charge in [-0.15, -0.1) is 23.1 Å². The number of nitrogens with one attached hydrogen (secondary N) is 2. The van der Waals surface area contributed by atoms with Crippen molar-refractivity contribution in [2.24, 2.45) is 0 Å². The van der Waals surface area contributed by atoms with Gasteiger partial charge in [0.15, 0.2) is 5.13 Å². The van der Waals surface area contributed by atoms with Crippen molar-refractivity contribution in [2.45, 2.75) is 4.90 Å². The summed E-state index contributed by atoms with van der Waals surface area (Å²) in [7, 11) is 0. The first kappa shape index (κ1) is 23.8. The Morgan fingerprint density at radius 2 is 1.76 bits per heavy atom. The second-order valence-corrected chi connectivity index (χ2v) is 9.43. The summed E-state index contributed by atoms with van der Waals surface area (Å²) < 4.78 is 0. The number of thiazole rings is 1. The Bertz CT molecular complexity index is 1320. The van der Waals surface area contributed by atoms with Gasteiger partial charge in [0.2, 0.25) is 11.8 Å². The maximum absolute atomic E-state index is 12.4. The van der Waals surface area contributed by atoms with Crippen LogP contribution >= 0.6 is 34.7 Å². The van der Waals surface area contributed by atoms with Crippen LogP contribution in [0.4, 0.5) is 10.8 Å². The Morgan fingerprint density at radius 3 is 2.59 bits per heavy atom. The monoisotopic (exact) mass is 505 g/mol. The van der Waals surface area contributed by atoms with Crippen molar-refractivity contribution in [3.05, 3.63) is 101 Å². The van der Waals surface area contributed by atoms with Crippen LogP contribution in [-0.4, -0.2) is 22.6 Å². The fourth-order valence-electron chi connectivity index (χ4n) is 3.01. The van der Waals surface area contributed by atoms with E-state index in [9.17, 15) is 9.59 Å². The van der Waals surface area contributed by atoms with Gasteiger partial charge < -0.3 is 10.6 Å². The van der Waals surface area contributed by atoms with E-state index in [4.69, 9.17) is 11.6 Å². The zero-order valence-electron chi connectivity index (χ0n) is 17.9. The van der Waals surface area contributed by atoms with Crippen molar-refractivity contribution < 1.29 is 9.59 Å². The second kappa shape index (κ2) is 11.7. The predicted octanol–water partition coefficient (Wildman–Crippen LogP) is 6.85. The van der Waals surface area contributed by atoms with Gasteiger partial charge in [-0.3, -0.25) is 9.59 Å². The Kier molecular flexibility index (Phi) is 8.14. The molecule has 1 aromatic heterocycles. The molecule has 0 saturated heterocycles. The Morgan fingerprint density at radius 1 is 0.971 bits per heavy atom. The topological polar surface area (TPSA) is 71.1 Å². The second-order valence-electron chi connectivity index (χ2n) is 7.12. The molecule has 0 atom stereocenters. The molecule has 0 unspecified atom stereocenters. The molecule has 2 N–H and O–H groups in total. The summed E-state index contributed by atoms with van der Waals surface area (Å²) in [6, 6.07) is 24.5. The molecule has 0 aliphatic rings. The zero-order chi connectivity index (χ0) is 23.8. The maximum Gasteiger partial charge on any atom is 0.248 e. The smallest absolute Gasteiger partial charge is 0.248 e. The first-order valence-electron chi connectivity index (χ1n) is 10.3. The summed E-state index contributed by atoms with van der Waals surface area (Å²) in [6.07, 6.45) is 3.25. The predicted molar refractivity (Wildman–Crippen MR) is 142 cm³/mol. The molecule has 0 fully saturated rings. The SMILES string of the molecule is O=C(/C=C/c1ccccc1)Nc1cccc(SCC(=O)Nc2nc(-c3ccccc3Cl)cs2)c1. The summed E-state index contributed by atoms with van der Waals surface area (Å²) in [5.74, 6) is -0.168. The number of rotatable bonds is 8. The largest absolute Gasteiger partial charge is 0.322 e. The lowest BCUT2D eigenvalue weighted by Gasteiger charge is -2.06. The first-order valence-corrected chi connectivity index (χ1v) is 12.6. The van der Waals surface area contributed by atoms with Crippen molar-refractivity contribution in [3.8, 4) is 11.3 Å². The maximum atomic E-state index is 12.4. The number of thioether (sulfide) groups is 1. The molecule has 0 radical (unpaired) electrons. The van der Waals surface area contributed by atoms with Crippen LogP contribution in [0.2, 0.25) is 5.02 Å². The van der Waals surface area contributed by atoms with E-state index in [1.807, 2.05) is 78.2 Å². The van der Waals surface area contributed by atoms with Gasteiger partial charge >= 0.3 is 0 Å². The Hall–Kier alpha value is -3.39. The van der Waals surface area contributed by atoms with E-state index in [2.05, 4.69) is 15.6 Å². The number of amides is 2. The first-order chi connectivity index (χ1) is 16.6. The molecule has 3 aromatic carbocycles. The molecule has 34 heavy (non-hydrogen) atoms. The molecule has 1 heterocycles. The molecule has 0 bridgehead atoms. The van der Waals surface area contributed by atoms with Crippen LogP contribution in [0.3, 0.4) is 0 Å². The lowest BCUT2D eigenvalue weighted by Crippen LogP contribution is -2.13. The number of benzene rings is 3. The summed E-state index contributed by atoms with van der Waals surface area (Å²) in [4.78, 5) is 30.0. The van der Waals surface area contributed by atoms with E-state index in [1.165, 1.54) is 29.2 Å². The van der Waals surface area contributed by atoms with Crippen LogP contribution < -0.4 is 10.6 Å².